The molecule has 0 bridgehead atoms. The molecule has 16 heavy (non-hydrogen) atoms. The third kappa shape index (κ3) is 3.47. The van der Waals surface area contributed by atoms with Gasteiger partial charge >= 0.3 is 0 Å². The predicted octanol–water partition coefficient (Wildman–Crippen LogP) is 2.79. The minimum atomic E-state index is 0.753. The molecule has 2 heterocycles. The second-order valence-corrected chi connectivity index (χ2v) is 6.85. The van der Waals surface area contributed by atoms with E-state index in [1.54, 1.807) is 0 Å². The highest BCUT2D eigenvalue weighted by Crippen LogP contribution is 2.18. The van der Waals surface area contributed by atoms with Crippen LogP contribution >= 0.6 is 23.1 Å². The van der Waals surface area contributed by atoms with E-state index in [1.165, 1.54) is 39.9 Å². The highest BCUT2D eigenvalue weighted by molar-refractivity contribution is 7.99. The molecule has 0 spiro atoms. The molecule has 1 aliphatic rings. The molecule has 0 amide bonds. The third-order valence-corrected chi connectivity index (χ3v) is 5.25. The molecule has 0 saturated carbocycles. The van der Waals surface area contributed by atoms with Crippen molar-refractivity contribution in [1.82, 2.24) is 10.3 Å². The number of hydrogen-bond acceptors (Lipinski definition) is 4. The number of rotatable bonds is 4. The summed E-state index contributed by atoms with van der Waals surface area (Å²) in [6.45, 7) is 5.34. The van der Waals surface area contributed by atoms with E-state index in [2.05, 4.69) is 35.9 Å². The Morgan fingerprint density at radius 1 is 1.31 bits per heavy atom. The molecule has 2 nitrogen and oxygen atoms in total. The van der Waals surface area contributed by atoms with Gasteiger partial charge in [0.15, 0.2) is 0 Å². The van der Waals surface area contributed by atoms with Crippen molar-refractivity contribution in [3.05, 3.63) is 15.6 Å². The Kier molecular flexibility index (Phi) is 4.67. The Morgan fingerprint density at radius 2 is 2.06 bits per heavy atom. The molecule has 1 N–H and O–H groups in total. The molecule has 1 aliphatic heterocycles. The summed E-state index contributed by atoms with van der Waals surface area (Å²) in [7, 11) is 0. The minimum absolute atomic E-state index is 0.753. The fraction of sp³-hybridized carbons (Fsp3) is 0.750. The van der Waals surface area contributed by atoms with Crippen LogP contribution in [0.1, 0.15) is 28.4 Å². The van der Waals surface area contributed by atoms with Crippen LogP contribution in [0.2, 0.25) is 0 Å². The Labute approximate surface area is 106 Å². The average molecular weight is 256 g/mol. The van der Waals surface area contributed by atoms with E-state index >= 15 is 0 Å². The number of hydrogen-bond donors (Lipinski definition) is 1. The second kappa shape index (κ2) is 6.03. The molecular formula is C12H20N2S2. The van der Waals surface area contributed by atoms with Crippen LogP contribution in [0.4, 0.5) is 0 Å². The van der Waals surface area contributed by atoms with Crippen molar-refractivity contribution in [1.29, 1.82) is 0 Å². The molecule has 1 fully saturated rings. The van der Waals surface area contributed by atoms with Gasteiger partial charge in [-0.15, -0.1) is 11.3 Å². The summed E-state index contributed by atoms with van der Waals surface area (Å²) in [5.74, 6) is 2.65. The molecule has 4 heteroatoms. The second-order valence-electron chi connectivity index (χ2n) is 4.34. The van der Waals surface area contributed by atoms with Crippen LogP contribution in [-0.2, 0) is 6.42 Å². The van der Waals surface area contributed by atoms with E-state index in [0.29, 0.717) is 0 Å². The summed E-state index contributed by atoms with van der Waals surface area (Å²) in [5.41, 5.74) is 1.20. The largest absolute Gasteiger partial charge is 0.314 e. The quantitative estimate of drug-likeness (QED) is 0.896. The van der Waals surface area contributed by atoms with Crippen molar-refractivity contribution in [3.63, 3.8) is 0 Å². The summed E-state index contributed by atoms with van der Waals surface area (Å²) >= 11 is 3.93. The molecule has 1 saturated heterocycles. The van der Waals surface area contributed by atoms with Crippen molar-refractivity contribution < 1.29 is 0 Å². The van der Waals surface area contributed by atoms with Gasteiger partial charge in [0.2, 0.25) is 0 Å². The fourth-order valence-corrected chi connectivity index (χ4v) is 3.97. The zero-order valence-electron chi connectivity index (χ0n) is 10.1. The van der Waals surface area contributed by atoms with Gasteiger partial charge in [-0.05, 0) is 38.2 Å². The molecule has 90 valence electrons. The highest BCUT2D eigenvalue weighted by atomic mass is 32.2. The summed E-state index contributed by atoms with van der Waals surface area (Å²) in [5, 5.41) is 4.94. The smallest absolute Gasteiger partial charge is 0.0943 e. The maximum absolute atomic E-state index is 4.57. The monoisotopic (exact) mass is 256 g/mol. The fourth-order valence-electron chi connectivity index (χ4n) is 1.93. The van der Waals surface area contributed by atoms with E-state index in [9.17, 15) is 0 Å². The van der Waals surface area contributed by atoms with Crippen LogP contribution in [0.15, 0.2) is 0 Å². The lowest BCUT2D eigenvalue weighted by atomic mass is 10.1. The Balaban J connectivity index is 1.71. The van der Waals surface area contributed by atoms with E-state index in [1.807, 2.05) is 11.3 Å². The Morgan fingerprint density at radius 3 is 2.69 bits per heavy atom. The average Bonchev–Trinajstić information content (AvgIpc) is 2.60. The SMILES string of the molecule is Cc1nc(CCNC2CCSCC2)sc1C. The van der Waals surface area contributed by atoms with E-state index in [-0.39, 0.29) is 0 Å². The third-order valence-electron chi connectivity index (χ3n) is 3.07. The van der Waals surface area contributed by atoms with Gasteiger partial charge < -0.3 is 5.32 Å². The number of thioether (sulfide) groups is 1. The van der Waals surface area contributed by atoms with E-state index in [4.69, 9.17) is 0 Å². The maximum atomic E-state index is 4.57. The first kappa shape index (κ1) is 12.4. The molecule has 2 rings (SSSR count). The van der Waals surface area contributed by atoms with Crippen molar-refractivity contribution in [2.75, 3.05) is 18.1 Å². The first-order valence-electron chi connectivity index (χ1n) is 6.00. The summed E-state index contributed by atoms with van der Waals surface area (Å²) in [6, 6.07) is 0.753. The number of aryl methyl sites for hydroxylation is 2. The number of thiazole rings is 1. The molecule has 0 unspecified atom stereocenters. The first-order chi connectivity index (χ1) is 7.75. The maximum Gasteiger partial charge on any atom is 0.0943 e. The van der Waals surface area contributed by atoms with Crippen molar-refractivity contribution in [2.45, 2.75) is 39.2 Å². The predicted molar refractivity (Wildman–Crippen MR) is 73.6 cm³/mol. The molecule has 0 radical (unpaired) electrons. The molecule has 1 aromatic rings. The number of nitrogens with zero attached hydrogens (tertiary/aromatic N) is 1. The molecule has 0 atom stereocenters. The van der Waals surface area contributed by atoms with Crippen molar-refractivity contribution in [3.8, 4) is 0 Å². The zero-order chi connectivity index (χ0) is 11.4. The topological polar surface area (TPSA) is 24.9 Å². The molecule has 1 aromatic heterocycles. The summed E-state index contributed by atoms with van der Waals surface area (Å²) in [6.07, 6.45) is 3.75. The van der Waals surface area contributed by atoms with Crippen LogP contribution in [0.25, 0.3) is 0 Å². The van der Waals surface area contributed by atoms with Crippen LogP contribution in [0, 0.1) is 13.8 Å². The Hall–Kier alpha value is -0.0600. The minimum Gasteiger partial charge on any atom is -0.314 e. The van der Waals surface area contributed by atoms with Crippen LogP contribution in [-0.4, -0.2) is 29.1 Å². The lowest BCUT2D eigenvalue weighted by Gasteiger charge is -2.22. The van der Waals surface area contributed by atoms with Crippen LogP contribution in [0.3, 0.4) is 0 Å². The standard InChI is InChI=1S/C12H20N2S2/c1-9-10(2)16-12(14-9)3-6-13-11-4-7-15-8-5-11/h11,13H,3-8H2,1-2H3. The van der Waals surface area contributed by atoms with Gasteiger partial charge in [-0.1, -0.05) is 0 Å². The van der Waals surface area contributed by atoms with Gasteiger partial charge in [0, 0.05) is 23.9 Å². The molecular weight excluding hydrogens is 236 g/mol. The van der Waals surface area contributed by atoms with Crippen LogP contribution in [0.5, 0.6) is 0 Å². The number of nitrogens with one attached hydrogen (secondary N) is 1. The number of aromatic nitrogens is 1. The van der Waals surface area contributed by atoms with Gasteiger partial charge in [-0.25, -0.2) is 4.98 Å². The lowest BCUT2D eigenvalue weighted by molar-refractivity contribution is 0.486. The van der Waals surface area contributed by atoms with Gasteiger partial charge in [0.25, 0.3) is 0 Å². The van der Waals surface area contributed by atoms with Gasteiger partial charge in [0.1, 0.15) is 0 Å². The molecule has 0 aliphatic carbocycles. The zero-order valence-corrected chi connectivity index (χ0v) is 11.7. The summed E-state index contributed by atoms with van der Waals surface area (Å²) in [4.78, 5) is 5.93. The van der Waals surface area contributed by atoms with Gasteiger partial charge in [0.05, 0.1) is 10.7 Å². The van der Waals surface area contributed by atoms with E-state index in [0.717, 1.165) is 19.0 Å². The highest BCUT2D eigenvalue weighted by Gasteiger charge is 2.12. The van der Waals surface area contributed by atoms with Crippen molar-refractivity contribution >= 4 is 23.1 Å². The van der Waals surface area contributed by atoms with Gasteiger partial charge in [-0.3, -0.25) is 0 Å². The molecule has 0 aromatic carbocycles. The Bertz CT molecular complexity index is 310. The first-order valence-corrected chi connectivity index (χ1v) is 7.97. The van der Waals surface area contributed by atoms with E-state index < -0.39 is 0 Å². The normalized spacial score (nSPS) is 17.9. The van der Waals surface area contributed by atoms with Crippen LogP contribution < -0.4 is 5.32 Å². The lowest BCUT2D eigenvalue weighted by Crippen LogP contribution is -2.33. The van der Waals surface area contributed by atoms with Crippen molar-refractivity contribution in [2.24, 2.45) is 0 Å². The summed E-state index contributed by atoms with van der Waals surface area (Å²) < 4.78 is 0. The van der Waals surface area contributed by atoms with Gasteiger partial charge in [-0.2, -0.15) is 11.8 Å².